The average Bonchev–Trinajstić information content (AvgIpc) is 3.02. The minimum absolute atomic E-state index is 0.210. The van der Waals surface area contributed by atoms with Crippen LogP contribution in [0.25, 0.3) is 10.8 Å². The molecule has 1 aromatic carbocycles. The van der Waals surface area contributed by atoms with Crippen molar-refractivity contribution in [3.8, 4) is 0 Å². The van der Waals surface area contributed by atoms with Crippen LogP contribution in [0.2, 0.25) is 0 Å². The zero-order valence-corrected chi connectivity index (χ0v) is 14.2. The molecule has 2 aromatic heterocycles. The van der Waals surface area contributed by atoms with Gasteiger partial charge in [0.1, 0.15) is 10.7 Å². The number of aromatic nitrogens is 3. The van der Waals surface area contributed by atoms with E-state index >= 15 is 0 Å². The van der Waals surface area contributed by atoms with Gasteiger partial charge < -0.3 is 4.98 Å². The van der Waals surface area contributed by atoms with Crippen molar-refractivity contribution in [1.82, 2.24) is 15.2 Å². The summed E-state index contributed by atoms with van der Waals surface area (Å²) < 4.78 is 0. The fraction of sp³-hybridized carbons (Fsp3) is 0.294. The maximum absolute atomic E-state index is 12.3. The van der Waals surface area contributed by atoms with Crippen molar-refractivity contribution < 1.29 is 4.79 Å². The van der Waals surface area contributed by atoms with Crippen molar-refractivity contribution >= 4 is 33.1 Å². The normalized spacial score (nSPS) is 10.9. The second-order valence-electron chi connectivity index (χ2n) is 5.51. The summed E-state index contributed by atoms with van der Waals surface area (Å²) in [4.78, 5) is 27.0. The van der Waals surface area contributed by atoms with E-state index in [4.69, 9.17) is 0 Å². The third-order valence-corrected chi connectivity index (χ3v) is 4.58. The molecule has 3 rings (SSSR count). The molecule has 0 saturated carbocycles. The van der Waals surface area contributed by atoms with Gasteiger partial charge >= 0.3 is 0 Å². The number of carbonyl (C=O) groups excluding carboxylic acids is 1. The highest BCUT2D eigenvalue weighted by molar-refractivity contribution is 7.15. The number of nitrogens with one attached hydrogen (secondary N) is 2. The average molecular weight is 342 g/mol. The van der Waals surface area contributed by atoms with Crippen LogP contribution in [0.5, 0.6) is 0 Å². The number of hydrogen-bond donors (Lipinski definition) is 2. The van der Waals surface area contributed by atoms with Gasteiger partial charge in [0.25, 0.3) is 11.5 Å². The fourth-order valence-electron chi connectivity index (χ4n) is 2.43. The lowest BCUT2D eigenvalue weighted by Gasteiger charge is -2.03. The molecule has 2 heterocycles. The van der Waals surface area contributed by atoms with Crippen LogP contribution in [0.4, 0.5) is 5.13 Å². The summed E-state index contributed by atoms with van der Waals surface area (Å²) in [5.41, 5.74) is -0.0720. The van der Waals surface area contributed by atoms with Gasteiger partial charge in [-0.05, 0) is 23.9 Å². The predicted octanol–water partition coefficient (Wildman–Crippen LogP) is 3.36. The molecule has 1 amide bonds. The molecule has 0 radical (unpaired) electrons. The summed E-state index contributed by atoms with van der Waals surface area (Å²) >= 11 is 1.37. The van der Waals surface area contributed by atoms with Crippen LogP contribution in [0.1, 0.15) is 41.7 Å². The van der Waals surface area contributed by atoms with E-state index in [1.54, 1.807) is 24.3 Å². The molecule has 2 N–H and O–H groups in total. The van der Waals surface area contributed by atoms with Crippen LogP contribution in [0, 0.1) is 0 Å². The van der Waals surface area contributed by atoms with Crippen molar-refractivity contribution in [2.45, 2.75) is 32.6 Å². The third-order valence-electron chi connectivity index (χ3n) is 3.68. The standard InChI is InChI=1S/C17H18N4O2S/c1-2-3-4-9-14-20-21-17(24-14)19-16(23)13-10-11-7-5-6-8-12(11)15(22)18-13/h5-8,10H,2-4,9H2,1H3,(H,18,22)(H,19,21,23). The monoisotopic (exact) mass is 342 g/mol. The van der Waals surface area contributed by atoms with Gasteiger partial charge in [0.05, 0.1) is 0 Å². The summed E-state index contributed by atoms with van der Waals surface area (Å²) in [6.07, 6.45) is 4.24. The summed E-state index contributed by atoms with van der Waals surface area (Å²) in [5.74, 6) is -0.394. The molecule has 24 heavy (non-hydrogen) atoms. The Kier molecular flexibility index (Phi) is 5.00. The van der Waals surface area contributed by atoms with E-state index in [2.05, 4.69) is 27.4 Å². The van der Waals surface area contributed by atoms with Gasteiger partial charge in [0.15, 0.2) is 0 Å². The lowest BCUT2D eigenvalue weighted by atomic mass is 10.1. The summed E-state index contributed by atoms with van der Waals surface area (Å²) in [6, 6.07) is 8.81. The SMILES string of the molecule is CCCCCc1nnc(NC(=O)c2cc3ccccc3c(=O)[nH]2)s1. The fourth-order valence-corrected chi connectivity index (χ4v) is 3.21. The number of anilines is 1. The number of hydrogen-bond acceptors (Lipinski definition) is 5. The Morgan fingerprint density at radius 1 is 1.25 bits per heavy atom. The molecule has 6 nitrogen and oxygen atoms in total. The maximum atomic E-state index is 12.3. The first kappa shape index (κ1) is 16.3. The Balaban J connectivity index is 1.74. The van der Waals surface area contributed by atoms with Gasteiger partial charge in [0, 0.05) is 11.8 Å². The van der Waals surface area contributed by atoms with Crippen molar-refractivity contribution in [3.05, 3.63) is 51.4 Å². The number of fused-ring (bicyclic) bond motifs is 1. The molecule has 0 spiro atoms. The number of pyridine rings is 1. The van der Waals surface area contributed by atoms with Crippen molar-refractivity contribution in [2.75, 3.05) is 5.32 Å². The number of nitrogens with zero attached hydrogens (tertiary/aromatic N) is 2. The van der Waals surface area contributed by atoms with Crippen LogP contribution < -0.4 is 10.9 Å². The quantitative estimate of drug-likeness (QED) is 0.672. The molecular formula is C17H18N4O2S. The Bertz CT molecular complexity index is 916. The topological polar surface area (TPSA) is 87.7 Å². The molecule has 0 unspecified atom stereocenters. The Labute approximate surface area is 143 Å². The molecule has 7 heteroatoms. The molecule has 0 fully saturated rings. The summed E-state index contributed by atoms with van der Waals surface area (Å²) in [5, 5.41) is 13.4. The minimum atomic E-state index is -0.394. The van der Waals surface area contributed by atoms with Crippen molar-refractivity contribution in [1.29, 1.82) is 0 Å². The van der Waals surface area contributed by atoms with Gasteiger partial charge in [-0.3, -0.25) is 14.9 Å². The van der Waals surface area contributed by atoms with Gasteiger partial charge in [-0.2, -0.15) is 0 Å². The van der Waals surface area contributed by atoms with E-state index in [0.29, 0.717) is 10.5 Å². The number of carbonyl (C=O) groups is 1. The number of unbranched alkanes of at least 4 members (excludes halogenated alkanes) is 2. The number of amides is 1. The highest BCUT2D eigenvalue weighted by atomic mass is 32.1. The van der Waals surface area contributed by atoms with Gasteiger partial charge in [0.2, 0.25) is 5.13 Å². The lowest BCUT2D eigenvalue weighted by molar-refractivity contribution is 0.102. The van der Waals surface area contributed by atoms with Gasteiger partial charge in [-0.25, -0.2) is 0 Å². The molecular weight excluding hydrogens is 324 g/mol. The van der Waals surface area contributed by atoms with E-state index in [-0.39, 0.29) is 11.3 Å². The molecule has 3 aromatic rings. The predicted molar refractivity (Wildman–Crippen MR) is 95.7 cm³/mol. The largest absolute Gasteiger partial charge is 0.317 e. The Morgan fingerprint density at radius 3 is 2.92 bits per heavy atom. The molecule has 0 atom stereocenters. The minimum Gasteiger partial charge on any atom is -0.317 e. The van der Waals surface area contributed by atoms with E-state index in [9.17, 15) is 9.59 Å². The lowest BCUT2D eigenvalue weighted by Crippen LogP contribution is -2.18. The van der Waals surface area contributed by atoms with E-state index in [0.717, 1.165) is 36.1 Å². The number of aromatic amines is 1. The van der Waals surface area contributed by atoms with E-state index < -0.39 is 5.91 Å². The second kappa shape index (κ2) is 7.35. The van der Waals surface area contributed by atoms with Crippen molar-refractivity contribution in [3.63, 3.8) is 0 Å². The molecule has 124 valence electrons. The third kappa shape index (κ3) is 3.68. The van der Waals surface area contributed by atoms with Gasteiger partial charge in [-0.1, -0.05) is 49.3 Å². The first-order valence-electron chi connectivity index (χ1n) is 7.93. The summed E-state index contributed by atoms with van der Waals surface area (Å²) in [7, 11) is 0. The number of H-pyrrole nitrogens is 1. The van der Waals surface area contributed by atoms with E-state index in [1.807, 2.05) is 6.07 Å². The number of aryl methyl sites for hydroxylation is 1. The summed E-state index contributed by atoms with van der Waals surface area (Å²) in [6.45, 7) is 2.15. The Morgan fingerprint density at radius 2 is 2.08 bits per heavy atom. The molecule has 0 aliphatic carbocycles. The van der Waals surface area contributed by atoms with Crippen LogP contribution in [0.3, 0.4) is 0 Å². The first-order valence-corrected chi connectivity index (χ1v) is 8.75. The molecule has 0 aliphatic heterocycles. The maximum Gasteiger partial charge on any atom is 0.274 e. The zero-order chi connectivity index (χ0) is 16.9. The van der Waals surface area contributed by atoms with Gasteiger partial charge in [-0.15, -0.1) is 10.2 Å². The number of benzene rings is 1. The van der Waals surface area contributed by atoms with Crippen LogP contribution in [-0.2, 0) is 6.42 Å². The Hall–Kier alpha value is -2.54. The first-order chi connectivity index (χ1) is 11.7. The highest BCUT2D eigenvalue weighted by Crippen LogP contribution is 2.18. The zero-order valence-electron chi connectivity index (χ0n) is 13.3. The molecule has 0 bridgehead atoms. The highest BCUT2D eigenvalue weighted by Gasteiger charge is 2.12. The second-order valence-corrected chi connectivity index (χ2v) is 6.57. The smallest absolute Gasteiger partial charge is 0.274 e. The van der Waals surface area contributed by atoms with E-state index in [1.165, 1.54) is 11.3 Å². The molecule has 0 saturated heterocycles. The number of rotatable bonds is 6. The van der Waals surface area contributed by atoms with Crippen LogP contribution in [0.15, 0.2) is 35.1 Å². The van der Waals surface area contributed by atoms with Crippen molar-refractivity contribution in [2.24, 2.45) is 0 Å². The molecule has 0 aliphatic rings. The van der Waals surface area contributed by atoms with Crippen LogP contribution >= 0.6 is 11.3 Å². The van der Waals surface area contributed by atoms with Crippen LogP contribution in [-0.4, -0.2) is 21.1 Å².